The number of hydrogen-bond donors (Lipinski definition) is 0. The fraction of sp³-hybridized carbons (Fsp3) is 0.684. The van der Waals surface area contributed by atoms with Crippen molar-refractivity contribution in [3.8, 4) is 11.9 Å². The molecule has 1 aromatic rings. The number of nitrogens with zero attached hydrogens (tertiary/aromatic N) is 2. The van der Waals surface area contributed by atoms with Crippen LogP contribution in [0.2, 0.25) is 10.1 Å². The number of fused-ring (bicyclic) bond motifs is 1. The predicted molar refractivity (Wildman–Crippen MR) is 111 cm³/mol. The zero-order valence-corrected chi connectivity index (χ0v) is 19.3. The Labute approximate surface area is 167 Å². The molecule has 1 fully saturated rings. The van der Waals surface area contributed by atoms with Crippen LogP contribution in [0.1, 0.15) is 47.1 Å². The van der Waals surface area contributed by atoms with Crippen LogP contribution in [0.5, 0.6) is 11.9 Å². The van der Waals surface area contributed by atoms with Crippen molar-refractivity contribution in [1.82, 2.24) is 9.97 Å². The average Bonchev–Trinajstić information content (AvgIpc) is 3.01. The number of aromatic nitrogens is 2. The molecule has 3 rings (SSSR count). The molecule has 3 heterocycles. The summed E-state index contributed by atoms with van der Waals surface area (Å²) in [5.41, 5.74) is 0.861. The van der Waals surface area contributed by atoms with Crippen LogP contribution in [0.25, 0.3) is 4.91 Å². The molecule has 0 amide bonds. The molecule has 1 aromatic heterocycles. The van der Waals surface area contributed by atoms with Crippen LogP contribution in [0, 0.1) is 0 Å². The number of hydrogen-bond acceptors (Lipinski definition) is 7. The van der Waals surface area contributed by atoms with E-state index < -0.39 is 8.56 Å². The largest absolute Gasteiger partial charge is 0.480 e. The van der Waals surface area contributed by atoms with E-state index in [0.29, 0.717) is 18.5 Å². The minimum absolute atomic E-state index is 0.0238. The van der Waals surface area contributed by atoms with Gasteiger partial charge in [-0.25, -0.2) is 4.98 Å². The minimum atomic E-state index is -2.48. The molecule has 2 aliphatic heterocycles. The molecular formula is C19H30N2O4SSi. The summed E-state index contributed by atoms with van der Waals surface area (Å²) in [5, 5.41) is 0.175. The monoisotopic (exact) mass is 410 g/mol. The van der Waals surface area contributed by atoms with Crippen LogP contribution >= 0.6 is 11.8 Å². The SMILES string of the molecule is COc1ncc(C2=C[C@@H]3O[Si](C(C)(C)C)(C(C)(C)C)OC[C@H]3S2)c(OC)n1. The predicted octanol–water partition coefficient (Wildman–Crippen LogP) is 4.41. The maximum atomic E-state index is 6.81. The molecule has 2 aliphatic rings. The molecule has 8 heteroatoms. The first kappa shape index (κ1) is 20.6. The summed E-state index contributed by atoms with van der Waals surface area (Å²) in [7, 11) is 0.670. The maximum Gasteiger partial charge on any atom is 0.349 e. The zero-order chi connectivity index (χ0) is 20.0. The van der Waals surface area contributed by atoms with Crippen molar-refractivity contribution in [2.75, 3.05) is 20.8 Å². The van der Waals surface area contributed by atoms with E-state index >= 15 is 0 Å². The summed E-state index contributed by atoms with van der Waals surface area (Å²) >= 11 is 1.75. The summed E-state index contributed by atoms with van der Waals surface area (Å²) in [6.07, 6.45) is 3.96. The van der Waals surface area contributed by atoms with Crippen LogP contribution < -0.4 is 9.47 Å². The van der Waals surface area contributed by atoms with Crippen LogP contribution in [0.15, 0.2) is 12.3 Å². The molecule has 6 nitrogen and oxygen atoms in total. The van der Waals surface area contributed by atoms with Crippen molar-refractivity contribution in [2.24, 2.45) is 0 Å². The summed E-state index contributed by atoms with van der Waals surface area (Å²) in [6, 6.07) is 0.295. The van der Waals surface area contributed by atoms with Crippen LogP contribution in [0.3, 0.4) is 0 Å². The molecule has 0 spiro atoms. The van der Waals surface area contributed by atoms with Crippen molar-refractivity contribution in [3.05, 3.63) is 17.8 Å². The highest BCUT2D eigenvalue weighted by molar-refractivity contribution is 8.09. The van der Waals surface area contributed by atoms with Crippen LogP contribution in [0.4, 0.5) is 0 Å². The summed E-state index contributed by atoms with van der Waals surface area (Å²) in [4.78, 5) is 9.62. The van der Waals surface area contributed by atoms with Crippen LogP contribution in [-0.4, -0.2) is 50.7 Å². The standard InChI is InChI=1S/C19H30N2O4SSi/c1-18(2,3)27(19(4,5)6)24-11-15-13(25-27)9-14(26-15)12-10-20-17(23-8)21-16(12)22-7/h9-10,13,15H,11H2,1-8H3/t13-,15+/m0/s1. The molecule has 2 atom stereocenters. The first-order valence-corrected chi connectivity index (χ1v) is 11.9. The number of methoxy groups -OCH3 is 2. The van der Waals surface area contributed by atoms with Gasteiger partial charge in [-0.05, 0) is 6.08 Å². The lowest BCUT2D eigenvalue weighted by Crippen LogP contribution is -2.63. The second-order valence-corrected chi connectivity index (χ2v) is 15.0. The molecule has 0 aliphatic carbocycles. The molecule has 0 bridgehead atoms. The number of rotatable bonds is 3. The van der Waals surface area contributed by atoms with E-state index in [4.69, 9.17) is 18.3 Å². The molecule has 0 saturated carbocycles. The van der Waals surface area contributed by atoms with E-state index in [0.717, 1.165) is 10.5 Å². The number of thioether (sulfide) groups is 1. The van der Waals surface area contributed by atoms with Crippen molar-refractivity contribution in [1.29, 1.82) is 0 Å². The second-order valence-electron chi connectivity index (χ2n) is 8.98. The van der Waals surface area contributed by atoms with Crippen molar-refractivity contribution >= 4 is 25.2 Å². The summed E-state index contributed by atoms with van der Waals surface area (Å²) in [5.74, 6) is 0.510. The Morgan fingerprint density at radius 1 is 1.11 bits per heavy atom. The van der Waals surface area contributed by atoms with E-state index in [-0.39, 0.29) is 21.4 Å². The molecular weight excluding hydrogens is 380 g/mol. The van der Waals surface area contributed by atoms with E-state index in [1.54, 1.807) is 32.2 Å². The molecule has 0 aromatic carbocycles. The molecule has 0 unspecified atom stereocenters. The Hall–Kier alpha value is -1.09. The van der Waals surface area contributed by atoms with Crippen LogP contribution in [-0.2, 0) is 8.85 Å². The zero-order valence-electron chi connectivity index (χ0n) is 17.5. The smallest absolute Gasteiger partial charge is 0.349 e. The van der Waals surface area contributed by atoms with Crippen molar-refractivity contribution in [2.45, 2.75) is 63.0 Å². The van der Waals surface area contributed by atoms with Gasteiger partial charge in [-0.2, -0.15) is 4.98 Å². The lowest BCUT2D eigenvalue weighted by Gasteiger charge is -2.53. The highest BCUT2D eigenvalue weighted by Gasteiger charge is 2.62. The molecule has 0 N–H and O–H groups in total. The Balaban J connectivity index is 1.94. The van der Waals surface area contributed by atoms with Gasteiger partial charge in [0.15, 0.2) is 0 Å². The van der Waals surface area contributed by atoms with E-state index in [1.165, 1.54) is 0 Å². The van der Waals surface area contributed by atoms with E-state index in [1.807, 2.05) is 0 Å². The Morgan fingerprint density at radius 2 is 1.78 bits per heavy atom. The maximum absolute atomic E-state index is 6.81. The van der Waals surface area contributed by atoms with Gasteiger partial charge in [0.1, 0.15) is 0 Å². The minimum Gasteiger partial charge on any atom is -0.480 e. The third kappa shape index (κ3) is 3.52. The quantitative estimate of drug-likeness (QED) is 0.684. The Morgan fingerprint density at radius 3 is 2.33 bits per heavy atom. The van der Waals surface area contributed by atoms with Crippen molar-refractivity contribution in [3.63, 3.8) is 0 Å². The fourth-order valence-corrected chi connectivity index (χ4v) is 10.4. The highest BCUT2D eigenvalue weighted by Crippen LogP contribution is 2.57. The summed E-state index contributed by atoms with van der Waals surface area (Å²) in [6.45, 7) is 14.1. The fourth-order valence-electron chi connectivity index (χ4n) is 4.03. The van der Waals surface area contributed by atoms with Gasteiger partial charge in [0.2, 0.25) is 5.88 Å². The van der Waals surface area contributed by atoms with Crippen molar-refractivity contribution < 1.29 is 18.3 Å². The van der Waals surface area contributed by atoms with Gasteiger partial charge < -0.3 is 18.3 Å². The highest BCUT2D eigenvalue weighted by atomic mass is 32.2. The third-order valence-corrected chi connectivity index (χ3v) is 11.5. The van der Waals surface area contributed by atoms with Gasteiger partial charge in [-0.1, -0.05) is 41.5 Å². The molecule has 150 valence electrons. The lowest BCUT2D eigenvalue weighted by atomic mass is 10.2. The normalized spacial score (nSPS) is 25.0. The van der Waals surface area contributed by atoms with E-state index in [9.17, 15) is 0 Å². The molecule has 1 saturated heterocycles. The van der Waals surface area contributed by atoms with Gasteiger partial charge in [0.05, 0.1) is 37.7 Å². The van der Waals surface area contributed by atoms with Gasteiger partial charge in [-0.3, -0.25) is 0 Å². The molecule has 27 heavy (non-hydrogen) atoms. The van der Waals surface area contributed by atoms with Gasteiger partial charge in [0.25, 0.3) is 0 Å². The summed E-state index contributed by atoms with van der Waals surface area (Å²) < 4.78 is 23.9. The van der Waals surface area contributed by atoms with Gasteiger partial charge >= 0.3 is 14.6 Å². The second kappa shape index (κ2) is 7.06. The first-order chi connectivity index (χ1) is 12.5. The van der Waals surface area contributed by atoms with Gasteiger partial charge in [-0.15, -0.1) is 11.8 Å². The first-order valence-electron chi connectivity index (χ1n) is 9.18. The molecule has 0 radical (unpaired) electrons. The topological polar surface area (TPSA) is 62.7 Å². The Kier molecular flexibility index (Phi) is 5.40. The van der Waals surface area contributed by atoms with Gasteiger partial charge in [0, 0.05) is 21.2 Å². The number of ether oxygens (including phenoxy) is 2. The average molecular weight is 411 g/mol. The van der Waals surface area contributed by atoms with E-state index in [2.05, 4.69) is 57.6 Å². The third-order valence-electron chi connectivity index (χ3n) is 5.06. The Bertz CT molecular complexity index is 728. The lowest BCUT2D eigenvalue weighted by molar-refractivity contribution is 0.0491.